The molecule has 2 N–H and O–H groups in total. The third-order valence-electron chi connectivity index (χ3n) is 3.29. The molecule has 6 heteroatoms. The van der Waals surface area contributed by atoms with Gasteiger partial charge in [-0.25, -0.2) is 4.79 Å². The maximum atomic E-state index is 12.1. The topological polar surface area (TPSA) is 84.2 Å². The van der Waals surface area contributed by atoms with E-state index < -0.39 is 17.9 Å². The van der Waals surface area contributed by atoms with Crippen molar-refractivity contribution in [2.24, 2.45) is 13.0 Å². The zero-order valence-electron chi connectivity index (χ0n) is 11.8. The van der Waals surface area contributed by atoms with Crippen molar-refractivity contribution < 1.29 is 14.7 Å². The Kier molecular flexibility index (Phi) is 5.09. The lowest BCUT2D eigenvalue weighted by Gasteiger charge is -2.19. The fourth-order valence-corrected chi connectivity index (χ4v) is 1.81. The summed E-state index contributed by atoms with van der Waals surface area (Å²) >= 11 is 0. The predicted molar refractivity (Wildman–Crippen MR) is 70.9 cm³/mol. The number of amides is 1. The first kappa shape index (κ1) is 15.2. The van der Waals surface area contributed by atoms with Gasteiger partial charge in [-0.1, -0.05) is 27.2 Å². The Morgan fingerprint density at radius 1 is 1.47 bits per heavy atom. The van der Waals surface area contributed by atoms with Crippen LogP contribution in [0.4, 0.5) is 0 Å². The third-order valence-corrected chi connectivity index (χ3v) is 3.29. The first-order valence-electron chi connectivity index (χ1n) is 6.47. The summed E-state index contributed by atoms with van der Waals surface area (Å²) in [6.45, 7) is 5.65. The first-order chi connectivity index (χ1) is 8.90. The maximum absolute atomic E-state index is 12.1. The van der Waals surface area contributed by atoms with Gasteiger partial charge in [0.25, 0.3) is 5.91 Å². The van der Waals surface area contributed by atoms with Crippen LogP contribution in [0.3, 0.4) is 0 Å². The van der Waals surface area contributed by atoms with Crippen LogP contribution in [0.1, 0.15) is 43.4 Å². The van der Waals surface area contributed by atoms with E-state index in [1.54, 1.807) is 20.0 Å². The van der Waals surface area contributed by atoms with Gasteiger partial charge in [0.15, 0.2) is 0 Å². The summed E-state index contributed by atoms with van der Waals surface area (Å²) in [7, 11) is 1.67. The van der Waals surface area contributed by atoms with Crippen molar-refractivity contribution >= 4 is 11.9 Å². The maximum Gasteiger partial charge on any atom is 0.326 e. The van der Waals surface area contributed by atoms with E-state index in [2.05, 4.69) is 10.4 Å². The lowest BCUT2D eigenvalue weighted by atomic mass is 9.99. The zero-order valence-corrected chi connectivity index (χ0v) is 11.8. The molecule has 0 aliphatic heterocycles. The summed E-state index contributed by atoms with van der Waals surface area (Å²) in [6, 6.07) is 0.808. The number of nitrogens with zero attached hydrogens (tertiary/aromatic N) is 2. The molecule has 2 atom stereocenters. The number of rotatable bonds is 6. The smallest absolute Gasteiger partial charge is 0.326 e. The highest BCUT2D eigenvalue weighted by Crippen LogP contribution is 2.10. The van der Waals surface area contributed by atoms with Crippen LogP contribution >= 0.6 is 0 Å². The molecule has 0 saturated heterocycles. The van der Waals surface area contributed by atoms with Crippen LogP contribution < -0.4 is 5.32 Å². The number of carboxylic acid groups (broad SMARTS) is 1. The van der Waals surface area contributed by atoms with Crippen LogP contribution in [0.2, 0.25) is 0 Å². The monoisotopic (exact) mass is 267 g/mol. The SMILES string of the molecule is CCc1cc(C(=O)N[C@H](C(=O)O)C(C)CC)n(C)n1. The molecule has 0 aliphatic carbocycles. The minimum Gasteiger partial charge on any atom is -0.480 e. The van der Waals surface area contributed by atoms with Gasteiger partial charge in [0.2, 0.25) is 0 Å². The Morgan fingerprint density at radius 3 is 2.53 bits per heavy atom. The summed E-state index contributed by atoms with van der Waals surface area (Å²) in [5.41, 5.74) is 1.19. The Balaban J connectivity index is 2.87. The van der Waals surface area contributed by atoms with Crippen LogP contribution in [0.5, 0.6) is 0 Å². The normalized spacial score (nSPS) is 13.9. The van der Waals surface area contributed by atoms with E-state index >= 15 is 0 Å². The number of carboxylic acids is 1. The second kappa shape index (κ2) is 6.36. The molecule has 0 saturated carbocycles. The van der Waals surface area contributed by atoms with Gasteiger partial charge < -0.3 is 10.4 Å². The van der Waals surface area contributed by atoms with Crippen molar-refractivity contribution in [1.82, 2.24) is 15.1 Å². The molecule has 0 aliphatic rings. The lowest BCUT2D eigenvalue weighted by molar-refractivity contribution is -0.140. The number of aromatic nitrogens is 2. The van der Waals surface area contributed by atoms with E-state index in [-0.39, 0.29) is 5.92 Å². The van der Waals surface area contributed by atoms with E-state index in [0.717, 1.165) is 12.1 Å². The molecule has 1 aromatic rings. The first-order valence-corrected chi connectivity index (χ1v) is 6.47. The highest BCUT2D eigenvalue weighted by atomic mass is 16.4. The van der Waals surface area contributed by atoms with Gasteiger partial charge in [0.1, 0.15) is 11.7 Å². The molecule has 0 radical (unpaired) electrons. The number of hydrogen-bond acceptors (Lipinski definition) is 3. The predicted octanol–water partition coefficient (Wildman–Crippen LogP) is 1.21. The molecular weight excluding hydrogens is 246 g/mol. The Hall–Kier alpha value is -1.85. The van der Waals surface area contributed by atoms with E-state index in [1.165, 1.54) is 4.68 Å². The van der Waals surface area contributed by atoms with E-state index in [1.807, 2.05) is 13.8 Å². The number of aryl methyl sites for hydroxylation is 2. The van der Waals surface area contributed by atoms with Crippen molar-refractivity contribution in [3.63, 3.8) is 0 Å². The zero-order chi connectivity index (χ0) is 14.6. The summed E-state index contributed by atoms with van der Waals surface area (Å²) in [6.07, 6.45) is 1.41. The fourth-order valence-electron chi connectivity index (χ4n) is 1.81. The Bertz CT molecular complexity index is 468. The average molecular weight is 267 g/mol. The van der Waals surface area contributed by atoms with Crippen LogP contribution in [0.15, 0.2) is 6.07 Å². The molecule has 0 aromatic carbocycles. The van der Waals surface area contributed by atoms with E-state index in [9.17, 15) is 9.59 Å². The summed E-state index contributed by atoms with van der Waals surface area (Å²) in [4.78, 5) is 23.3. The Labute approximate surface area is 112 Å². The largest absolute Gasteiger partial charge is 0.480 e. The molecule has 0 spiro atoms. The molecule has 106 valence electrons. The fraction of sp³-hybridized carbons (Fsp3) is 0.615. The standard InChI is InChI=1S/C13H21N3O3/c1-5-8(3)11(13(18)19)14-12(17)10-7-9(6-2)15-16(10)4/h7-8,11H,5-6H2,1-4H3,(H,14,17)(H,18,19)/t8?,11-/m0/s1. The minimum atomic E-state index is -1.01. The minimum absolute atomic E-state index is 0.125. The molecule has 1 unspecified atom stereocenters. The summed E-state index contributed by atoms with van der Waals surface area (Å²) in [5, 5.41) is 15.9. The Morgan fingerprint density at radius 2 is 2.11 bits per heavy atom. The summed E-state index contributed by atoms with van der Waals surface area (Å²) < 4.78 is 1.48. The molecular formula is C13H21N3O3. The molecule has 19 heavy (non-hydrogen) atoms. The molecule has 0 fully saturated rings. The third kappa shape index (κ3) is 3.56. The van der Waals surface area contributed by atoms with Gasteiger partial charge in [-0.3, -0.25) is 9.48 Å². The number of aliphatic carboxylic acids is 1. The van der Waals surface area contributed by atoms with Crippen molar-refractivity contribution in [2.75, 3.05) is 0 Å². The second-order valence-corrected chi connectivity index (χ2v) is 4.67. The van der Waals surface area contributed by atoms with Gasteiger partial charge in [-0.15, -0.1) is 0 Å². The number of nitrogens with one attached hydrogen (secondary N) is 1. The van der Waals surface area contributed by atoms with Crippen molar-refractivity contribution in [1.29, 1.82) is 0 Å². The lowest BCUT2D eigenvalue weighted by Crippen LogP contribution is -2.45. The van der Waals surface area contributed by atoms with E-state index in [0.29, 0.717) is 12.1 Å². The van der Waals surface area contributed by atoms with Crippen LogP contribution in [-0.4, -0.2) is 32.8 Å². The number of carbonyl (C=O) groups excluding carboxylic acids is 1. The number of hydrogen-bond donors (Lipinski definition) is 2. The molecule has 1 rings (SSSR count). The van der Waals surface area contributed by atoms with Gasteiger partial charge in [-0.05, 0) is 18.4 Å². The highest BCUT2D eigenvalue weighted by molar-refractivity contribution is 5.95. The van der Waals surface area contributed by atoms with Crippen LogP contribution in [0, 0.1) is 5.92 Å². The van der Waals surface area contributed by atoms with Gasteiger partial charge >= 0.3 is 5.97 Å². The van der Waals surface area contributed by atoms with Crippen molar-refractivity contribution in [3.8, 4) is 0 Å². The highest BCUT2D eigenvalue weighted by Gasteiger charge is 2.26. The molecule has 0 bridgehead atoms. The number of carbonyl (C=O) groups is 2. The van der Waals surface area contributed by atoms with Gasteiger partial charge in [0.05, 0.1) is 5.69 Å². The van der Waals surface area contributed by atoms with Crippen LogP contribution in [0.25, 0.3) is 0 Å². The molecule has 6 nitrogen and oxygen atoms in total. The molecule has 1 amide bonds. The second-order valence-electron chi connectivity index (χ2n) is 4.67. The average Bonchev–Trinajstić information content (AvgIpc) is 2.75. The van der Waals surface area contributed by atoms with Gasteiger partial charge in [-0.2, -0.15) is 5.10 Å². The van der Waals surface area contributed by atoms with Crippen LogP contribution in [-0.2, 0) is 18.3 Å². The quantitative estimate of drug-likeness (QED) is 0.811. The van der Waals surface area contributed by atoms with E-state index in [4.69, 9.17) is 5.11 Å². The van der Waals surface area contributed by atoms with Crippen molar-refractivity contribution in [2.45, 2.75) is 39.7 Å². The summed E-state index contributed by atoms with van der Waals surface area (Å²) in [5.74, 6) is -1.54. The van der Waals surface area contributed by atoms with Crippen molar-refractivity contribution in [3.05, 3.63) is 17.5 Å². The molecule has 1 heterocycles. The van der Waals surface area contributed by atoms with Gasteiger partial charge in [0, 0.05) is 7.05 Å². The molecule has 1 aromatic heterocycles.